The molecular formula is C29H38N2O. The Hall–Kier alpha value is -2.65. The quantitative estimate of drug-likeness (QED) is 0.328. The third kappa shape index (κ3) is 5.77. The SMILES string of the molecule is CCCCN(Cc1ccccc1)Cc1c(OC)cc(-c2c(CC)cccc2CC)nc1C. The van der Waals surface area contributed by atoms with Gasteiger partial charge in [-0.25, -0.2) is 0 Å². The molecule has 0 aliphatic carbocycles. The first-order valence-corrected chi connectivity index (χ1v) is 12.0. The monoisotopic (exact) mass is 430 g/mol. The number of aryl methyl sites for hydroxylation is 3. The first-order chi connectivity index (χ1) is 15.6. The normalized spacial score (nSPS) is 11.2. The summed E-state index contributed by atoms with van der Waals surface area (Å²) in [6.07, 6.45) is 4.36. The van der Waals surface area contributed by atoms with Crippen molar-refractivity contribution in [2.45, 2.75) is 66.5 Å². The summed E-state index contributed by atoms with van der Waals surface area (Å²) in [7, 11) is 1.78. The zero-order valence-electron chi connectivity index (χ0n) is 20.4. The number of aromatic nitrogens is 1. The van der Waals surface area contributed by atoms with E-state index in [9.17, 15) is 0 Å². The molecule has 1 heterocycles. The summed E-state index contributed by atoms with van der Waals surface area (Å²) in [6.45, 7) is 11.6. The van der Waals surface area contributed by atoms with Gasteiger partial charge in [0.1, 0.15) is 5.75 Å². The van der Waals surface area contributed by atoms with Crippen LogP contribution in [0.4, 0.5) is 0 Å². The highest BCUT2D eigenvalue weighted by molar-refractivity contribution is 5.70. The van der Waals surface area contributed by atoms with Crippen molar-refractivity contribution >= 4 is 0 Å². The van der Waals surface area contributed by atoms with Gasteiger partial charge in [-0.1, -0.05) is 75.7 Å². The van der Waals surface area contributed by atoms with E-state index in [1.807, 2.05) is 0 Å². The Morgan fingerprint density at radius 2 is 1.56 bits per heavy atom. The fraction of sp³-hybridized carbons (Fsp3) is 0.414. The van der Waals surface area contributed by atoms with E-state index in [2.05, 4.69) is 87.2 Å². The van der Waals surface area contributed by atoms with Gasteiger partial charge >= 0.3 is 0 Å². The van der Waals surface area contributed by atoms with E-state index in [1.54, 1.807) is 7.11 Å². The van der Waals surface area contributed by atoms with E-state index in [4.69, 9.17) is 9.72 Å². The molecule has 0 fully saturated rings. The van der Waals surface area contributed by atoms with Gasteiger partial charge in [0, 0.05) is 36.0 Å². The van der Waals surface area contributed by atoms with E-state index >= 15 is 0 Å². The number of pyridine rings is 1. The van der Waals surface area contributed by atoms with Crippen LogP contribution in [-0.4, -0.2) is 23.5 Å². The van der Waals surface area contributed by atoms with Crippen molar-refractivity contribution in [3.63, 3.8) is 0 Å². The van der Waals surface area contributed by atoms with Crippen LogP contribution in [-0.2, 0) is 25.9 Å². The molecule has 32 heavy (non-hydrogen) atoms. The topological polar surface area (TPSA) is 25.4 Å². The summed E-state index contributed by atoms with van der Waals surface area (Å²) in [5.74, 6) is 0.940. The zero-order valence-corrected chi connectivity index (χ0v) is 20.4. The summed E-state index contributed by atoms with van der Waals surface area (Å²) in [6, 6.07) is 19.5. The lowest BCUT2D eigenvalue weighted by molar-refractivity contribution is 0.247. The Morgan fingerprint density at radius 1 is 0.875 bits per heavy atom. The van der Waals surface area contributed by atoms with Gasteiger partial charge < -0.3 is 4.74 Å². The van der Waals surface area contributed by atoms with Gasteiger partial charge in [-0.2, -0.15) is 0 Å². The molecule has 0 saturated carbocycles. The summed E-state index contributed by atoms with van der Waals surface area (Å²) >= 11 is 0. The minimum absolute atomic E-state index is 0.841. The second-order valence-corrected chi connectivity index (χ2v) is 8.48. The molecule has 0 N–H and O–H groups in total. The van der Waals surface area contributed by atoms with Crippen molar-refractivity contribution in [1.82, 2.24) is 9.88 Å². The lowest BCUT2D eigenvalue weighted by Crippen LogP contribution is -2.25. The number of hydrogen-bond acceptors (Lipinski definition) is 3. The van der Waals surface area contributed by atoms with Crippen LogP contribution in [0.2, 0.25) is 0 Å². The Kier molecular flexibility index (Phi) is 8.87. The zero-order chi connectivity index (χ0) is 22.9. The van der Waals surface area contributed by atoms with E-state index < -0.39 is 0 Å². The lowest BCUT2D eigenvalue weighted by Gasteiger charge is -2.25. The van der Waals surface area contributed by atoms with Crippen molar-refractivity contribution < 1.29 is 4.74 Å². The lowest BCUT2D eigenvalue weighted by atomic mass is 9.94. The maximum Gasteiger partial charge on any atom is 0.127 e. The summed E-state index contributed by atoms with van der Waals surface area (Å²) in [5.41, 5.74) is 8.59. The largest absolute Gasteiger partial charge is 0.496 e. The highest BCUT2D eigenvalue weighted by Crippen LogP contribution is 2.33. The van der Waals surface area contributed by atoms with Crippen LogP contribution < -0.4 is 4.74 Å². The molecule has 1 aromatic heterocycles. The van der Waals surface area contributed by atoms with Crippen molar-refractivity contribution in [3.05, 3.63) is 82.5 Å². The fourth-order valence-corrected chi connectivity index (χ4v) is 4.41. The summed E-state index contributed by atoms with van der Waals surface area (Å²) < 4.78 is 5.92. The number of nitrogens with zero attached hydrogens (tertiary/aromatic N) is 2. The van der Waals surface area contributed by atoms with Gasteiger partial charge in [0.25, 0.3) is 0 Å². The molecule has 3 nitrogen and oxygen atoms in total. The molecule has 0 saturated heterocycles. The van der Waals surface area contributed by atoms with Gasteiger partial charge in [0.05, 0.1) is 12.8 Å². The van der Waals surface area contributed by atoms with Gasteiger partial charge in [-0.05, 0) is 49.4 Å². The van der Waals surface area contributed by atoms with Gasteiger partial charge in [0.2, 0.25) is 0 Å². The minimum Gasteiger partial charge on any atom is -0.496 e. The average molecular weight is 431 g/mol. The molecule has 0 unspecified atom stereocenters. The number of methoxy groups -OCH3 is 1. The van der Waals surface area contributed by atoms with Crippen LogP contribution in [0.3, 0.4) is 0 Å². The molecule has 2 aromatic carbocycles. The number of benzene rings is 2. The first kappa shape index (κ1) is 24.0. The van der Waals surface area contributed by atoms with E-state index in [0.29, 0.717) is 0 Å². The van der Waals surface area contributed by atoms with Crippen LogP contribution in [0.25, 0.3) is 11.3 Å². The van der Waals surface area contributed by atoms with Crippen molar-refractivity contribution in [3.8, 4) is 17.0 Å². The van der Waals surface area contributed by atoms with Gasteiger partial charge in [-0.15, -0.1) is 0 Å². The Balaban J connectivity index is 1.97. The predicted molar refractivity (Wildman–Crippen MR) is 135 cm³/mol. The Labute approximate surface area is 194 Å². The van der Waals surface area contributed by atoms with Crippen molar-refractivity contribution in [2.75, 3.05) is 13.7 Å². The van der Waals surface area contributed by atoms with Crippen LogP contribution >= 0.6 is 0 Å². The third-order valence-electron chi connectivity index (χ3n) is 6.22. The van der Waals surface area contributed by atoms with E-state index in [1.165, 1.54) is 40.7 Å². The number of ether oxygens (including phenoxy) is 1. The molecule has 3 rings (SSSR count). The van der Waals surface area contributed by atoms with E-state index in [0.717, 1.165) is 49.6 Å². The van der Waals surface area contributed by atoms with Crippen LogP contribution in [0.1, 0.15) is 61.6 Å². The maximum atomic E-state index is 5.92. The molecule has 0 aliphatic rings. The number of hydrogen-bond donors (Lipinski definition) is 0. The average Bonchev–Trinajstić information content (AvgIpc) is 2.83. The van der Waals surface area contributed by atoms with Crippen molar-refractivity contribution in [2.24, 2.45) is 0 Å². The molecule has 0 aliphatic heterocycles. The second-order valence-electron chi connectivity index (χ2n) is 8.48. The molecular weight excluding hydrogens is 392 g/mol. The van der Waals surface area contributed by atoms with Crippen LogP contribution in [0.5, 0.6) is 5.75 Å². The molecule has 0 amide bonds. The van der Waals surface area contributed by atoms with Gasteiger partial charge in [0.15, 0.2) is 0 Å². The van der Waals surface area contributed by atoms with E-state index in [-0.39, 0.29) is 0 Å². The van der Waals surface area contributed by atoms with Gasteiger partial charge in [-0.3, -0.25) is 9.88 Å². The second kappa shape index (κ2) is 11.8. The highest BCUT2D eigenvalue weighted by atomic mass is 16.5. The van der Waals surface area contributed by atoms with Crippen LogP contribution in [0, 0.1) is 6.92 Å². The Morgan fingerprint density at radius 3 is 2.16 bits per heavy atom. The Bertz CT molecular complexity index is 975. The predicted octanol–water partition coefficient (Wildman–Crippen LogP) is 6.99. The summed E-state index contributed by atoms with van der Waals surface area (Å²) in [4.78, 5) is 7.62. The number of rotatable bonds is 11. The fourth-order valence-electron chi connectivity index (χ4n) is 4.41. The third-order valence-corrected chi connectivity index (χ3v) is 6.22. The standard InChI is InChI=1S/C29H38N2O/c1-6-9-18-31(20-23-14-11-10-12-15-23)21-26-22(4)30-27(19-28(26)32-5)29-24(7-2)16-13-17-25(29)8-3/h10-17,19H,6-9,18,20-21H2,1-5H3. The molecule has 3 aromatic rings. The smallest absolute Gasteiger partial charge is 0.127 e. The number of unbranched alkanes of at least 4 members (excludes halogenated alkanes) is 1. The molecule has 170 valence electrons. The molecule has 0 bridgehead atoms. The first-order valence-electron chi connectivity index (χ1n) is 12.0. The minimum atomic E-state index is 0.841. The molecule has 3 heteroatoms. The molecule has 0 spiro atoms. The van der Waals surface area contributed by atoms with Crippen LogP contribution in [0.15, 0.2) is 54.6 Å². The molecule has 0 atom stereocenters. The molecule has 0 radical (unpaired) electrons. The maximum absolute atomic E-state index is 5.92. The van der Waals surface area contributed by atoms with Crippen molar-refractivity contribution in [1.29, 1.82) is 0 Å². The summed E-state index contributed by atoms with van der Waals surface area (Å²) in [5, 5.41) is 0. The highest BCUT2D eigenvalue weighted by Gasteiger charge is 2.18.